The topological polar surface area (TPSA) is 102 Å². The standard InChI is InChI=1S/C22H34N2O5/c1-20(2,3)28-18(25)22(27,13-15-8-7-9-17(23)12-15)16-10-11-24(14-16)19(26)29-21(4,5)6/h7-9,12,16,27H,10-11,13-14,23H2,1-6H3/t16-,22?/m0/s1. The van der Waals surface area contributed by atoms with E-state index in [4.69, 9.17) is 15.2 Å². The number of likely N-dealkylation sites (tertiary alicyclic amines) is 1. The van der Waals surface area contributed by atoms with Gasteiger partial charge in [-0.15, -0.1) is 0 Å². The molecule has 1 heterocycles. The lowest BCUT2D eigenvalue weighted by Crippen LogP contribution is -2.52. The zero-order valence-corrected chi connectivity index (χ0v) is 18.3. The fourth-order valence-corrected chi connectivity index (χ4v) is 3.41. The van der Waals surface area contributed by atoms with Crippen LogP contribution in [0.5, 0.6) is 0 Å². The Morgan fingerprint density at radius 2 is 1.76 bits per heavy atom. The van der Waals surface area contributed by atoms with Gasteiger partial charge in [0.15, 0.2) is 5.60 Å². The number of benzene rings is 1. The summed E-state index contributed by atoms with van der Waals surface area (Å²) in [5.41, 5.74) is 4.01. The van der Waals surface area contributed by atoms with E-state index < -0.39 is 34.8 Å². The number of aliphatic hydroxyl groups is 1. The molecule has 0 aliphatic carbocycles. The van der Waals surface area contributed by atoms with Crippen molar-refractivity contribution in [2.45, 2.75) is 71.2 Å². The number of hydrogen-bond acceptors (Lipinski definition) is 6. The van der Waals surface area contributed by atoms with Gasteiger partial charge >= 0.3 is 12.1 Å². The van der Waals surface area contributed by atoms with Crippen LogP contribution in [0, 0.1) is 5.92 Å². The summed E-state index contributed by atoms with van der Waals surface area (Å²) in [6, 6.07) is 7.07. The average Bonchev–Trinajstić information content (AvgIpc) is 3.02. The van der Waals surface area contributed by atoms with Gasteiger partial charge in [0.25, 0.3) is 0 Å². The van der Waals surface area contributed by atoms with Gasteiger partial charge in [-0.1, -0.05) is 12.1 Å². The lowest BCUT2D eigenvalue weighted by Gasteiger charge is -2.35. The molecule has 0 radical (unpaired) electrons. The number of nitrogens with two attached hydrogens (primary N) is 1. The number of nitrogens with zero attached hydrogens (tertiary/aromatic N) is 1. The van der Waals surface area contributed by atoms with Crippen molar-refractivity contribution in [3.63, 3.8) is 0 Å². The molecular formula is C22H34N2O5. The van der Waals surface area contributed by atoms with E-state index in [-0.39, 0.29) is 13.0 Å². The Hall–Kier alpha value is -2.28. The summed E-state index contributed by atoms with van der Waals surface area (Å²) in [4.78, 5) is 27.0. The molecule has 0 saturated carbocycles. The highest BCUT2D eigenvalue weighted by Gasteiger charge is 2.50. The van der Waals surface area contributed by atoms with Crippen molar-refractivity contribution in [2.24, 2.45) is 5.92 Å². The van der Waals surface area contributed by atoms with Gasteiger partial charge in [0, 0.05) is 31.1 Å². The maximum atomic E-state index is 13.0. The zero-order valence-electron chi connectivity index (χ0n) is 18.3. The largest absolute Gasteiger partial charge is 0.458 e. The van der Waals surface area contributed by atoms with Gasteiger partial charge in [0.05, 0.1) is 0 Å². The van der Waals surface area contributed by atoms with E-state index in [1.54, 1.807) is 59.7 Å². The highest BCUT2D eigenvalue weighted by atomic mass is 16.6. The Bertz CT molecular complexity index is 750. The summed E-state index contributed by atoms with van der Waals surface area (Å²) in [5.74, 6) is -1.17. The minimum Gasteiger partial charge on any atom is -0.458 e. The monoisotopic (exact) mass is 406 g/mol. The van der Waals surface area contributed by atoms with E-state index in [0.717, 1.165) is 5.56 Å². The van der Waals surface area contributed by atoms with Gasteiger partial charge in [-0.25, -0.2) is 9.59 Å². The van der Waals surface area contributed by atoms with Crippen LogP contribution in [0.15, 0.2) is 24.3 Å². The quantitative estimate of drug-likeness (QED) is 0.588. The SMILES string of the molecule is CC(C)(C)OC(=O)N1CC[C@H](C(O)(Cc2cccc(N)c2)C(=O)OC(C)(C)C)C1. The molecule has 162 valence electrons. The maximum Gasteiger partial charge on any atom is 0.410 e. The van der Waals surface area contributed by atoms with E-state index in [1.165, 1.54) is 4.90 Å². The third-order valence-corrected chi connectivity index (χ3v) is 4.69. The number of esters is 1. The summed E-state index contributed by atoms with van der Waals surface area (Å²) in [7, 11) is 0. The zero-order chi connectivity index (χ0) is 22.0. The molecule has 1 saturated heterocycles. The van der Waals surface area contributed by atoms with E-state index in [1.807, 2.05) is 6.07 Å². The molecule has 2 rings (SSSR count). The normalized spacial score (nSPS) is 19.6. The van der Waals surface area contributed by atoms with Crippen LogP contribution in [-0.4, -0.2) is 52.0 Å². The Balaban J connectivity index is 2.25. The molecule has 0 spiro atoms. The van der Waals surface area contributed by atoms with Crippen molar-refractivity contribution >= 4 is 17.7 Å². The molecule has 0 aromatic heterocycles. The number of amides is 1. The molecule has 29 heavy (non-hydrogen) atoms. The van der Waals surface area contributed by atoms with Crippen LogP contribution in [0.1, 0.15) is 53.5 Å². The molecule has 0 bridgehead atoms. The van der Waals surface area contributed by atoms with Crippen LogP contribution in [0.3, 0.4) is 0 Å². The van der Waals surface area contributed by atoms with E-state index in [0.29, 0.717) is 18.7 Å². The Morgan fingerprint density at radius 3 is 2.31 bits per heavy atom. The first-order valence-electron chi connectivity index (χ1n) is 9.98. The van der Waals surface area contributed by atoms with Gasteiger partial charge < -0.3 is 25.2 Å². The summed E-state index contributed by atoms with van der Waals surface area (Å²) < 4.78 is 11.0. The van der Waals surface area contributed by atoms with Crippen LogP contribution in [0.25, 0.3) is 0 Å². The molecular weight excluding hydrogens is 372 g/mol. The molecule has 1 aliphatic heterocycles. The smallest absolute Gasteiger partial charge is 0.410 e. The van der Waals surface area contributed by atoms with Crippen molar-refractivity contribution in [1.29, 1.82) is 0 Å². The third kappa shape index (κ3) is 6.35. The summed E-state index contributed by atoms with van der Waals surface area (Å²) >= 11 is 0. The third-order valence-electron chi connectivity index (χ3n) is 4.69. The van der Waals surface area contributed by atoms with E-state index >= 15 is 0 Å². The minimum atomic E-state index is -1.78. The van der Waals surface area contributed by atoms with Crippen molar-refractivity contribution in [3.05, 3.63) is 29.8 Å². The van der Waals surface area contributed by atoms with Crippen LogP contribution >= 0.6 is 0 Å². The second-order valence-corrected chi connectivity index (χ2v) is 9.76. The highest BCUT2D eigenvalue weighted by Crippen LogP contribution is 2.34. The first-order valence-corrected chi connectivity index (χ1v) is 9.98. The van der Waals surface area contributed by atoms with E-state index in [2.05, 4.69) is 0 Å². The summed E-state index contributed by atoms with van der Waals surface area (Å²) in [6.07, 6.45) is 0.0763. The van der Waals surface area contributed by atoms with Crippen LogP contribution in [0.2, 0.25) is 0 Å². The van der Waals surface area contributed by atoms with Gasteiger partial charge in [0.1, 0.15) is 11.2 Å². The Kier molecular flexibility index (Phi) is 6.52. The fourth-order valence-electron chi connectivity index (χ4n) is 3.41. The summed E-state index contributed by atoms with van der Waals surface area (Å²) in [5, 5.41) is 11.5. The molecule has 1 fully saturated rings. The number of ether oxygens (including phenoxy) is 2. The molecule has 1 aliphatic rings. The first kappa shape index (κ1) is 23.0. The second kappa shape index (κ2) is 8.22. The van der Waals surface area contributed by atoms with Crippen LogP contribution in [0.4, 0.5) is 10.5 Å². The molecule has 1 amide bonds. The number of anilines is 1. The Morgan fingerprint density at radius 1 is 1.14 bits per heavy atom. The van der Waals surface area contributed by atoms with E-state index in [9.17, 15) is 14.7 Å². The predicted molar refractivity (Wildman–Crippen MR) is 111 cm³/mol. The highest BCUT2D eigenvalue weighted by molar-refractivity contribution is 5.81. The lowest BCUT2D eigenvalue weighted by molar-refractivity contribution is -0.183. The molecule has 7 nitrogen and oxygen atoms in total. The minimum absolute atomic E-state index is 0.0553. The maximum absolute atomic E-state index is 13.0. The lowest BCUT2D eigenvalue weighted by atomic mass is 9.81. The summed E-state index contributed by atoms with van der Waals surface area (Å²) in [6.45, 7) is 11.3. The Labute approximate surface area is 173 Å². The van der Waals surface area contributed by atoms with Gasteiger partial charge in [-0.05, 0) is 65.7 Å². The van der Waals surface area contributed by atoms with Crippen molar-refractivity contribution in [3.8, 4) is 0 Å². The average molecular weight is 407 g/mol. The number of rotatable bonds is 4. The van der Waals surface area contributed by atoms with Crippen molar-refractivity contribution in [2.75, 3.05) is 18.8 Å². The second-order valence-electron chi connectivity index (χ2n) is 9.76. The van der Waals surface area contributed by atoms with Crippen LogP contribution < -0.4 is 5.73 Å². The molecule has 1 unspecified atom stereocenters. The molecule has 3 N–H and O–H groups in total. The van der Waals surface area contributed by atoms with Gasteiger partial charge in [0.2, 0.25) is 0 Å². The van der Waals surface area contributed by atoms with Crippen molar-refractivity contribution < 1.29 is 24.2 Å². The number of nitrogen functional groups attached to an aromatic ring is 1. The number of carbonyl (C=O) groups is 2. The van der Waals surface area contributed by atoms with Crippen LogP contribution in [-0.2, 0) is 20.7 Å². The fraction of sp³-hybridized carbons (Fsp3) is 0.636. The first-order chi connectivity index (χ1) is 13.2. The van der Waals surface area contributed by atoms with Gasteiger partial charge in [-0.3, -0.25) is 0 Å². The number of hydrogen-bond donors (Lipinski definition) is 2. The molecule has 1 aromatic rings. The van der Waals surface area contributed by atoms with Crippen molar-refractivity contribution in [1.82, 2.24) is 4.90 Å². The molecule has 1 aromatic carbocycles. The van der Waals surface area contributed by atoms with Gasteiger partial charge in [-0.2, -0.15) is 0 Å². The predicted octanol–water partition coefficient (Wildman–Crippen LogP) is 3.14. The molecule has 7 heteroatoms. The number of carbonyl (C=O) groups excluding carboxylic acids is 2. The molecule has 2 atom stereocenters.